The molecule has 112 valence electrons. The van der Waals surface area contributed by atoms with Crippen LogP contribution in [-0.2, 0) is 6.54 Å². The van der Waals surface area contributed by atoms with Gasteiger partial charge in [-0.2, -0.15) is 0 Å². The van der Waals surface area contributed by atoms with Gasteiger partial charge in [-0.15, -0.1) is 0 Å². The van der Waals surface area contributed by atoms with Crippen molar-refractivity contribution in [3.05, 3.63) is 67.9 Å². The molecule has 3 rings (SSSR count). The van der Waals surface area contributed by atoms with Gasteiger partial charge in [-0.3, -0.25) is 10.1 Å². The Labute approximate surface area is 136 Å². The number of aromatic nitrogens is 2. The predicted molar refractivity (Wildman–Crippen MR) is 86.7 cm³/mol. The molecule has 5 nitrogen and oxygen atoms in total. The van der Waals surface area contributed by atoms with Crippen LogP contribution in [-0.4, -0.2) is 14.5 Å². The van der Waals surface area contributed by atoms with Crippen LogP contribution in [0, 0.1) is 17.0 Å². The van der Waals surface area contributed by atoms with E-state index in [9.17, 15) is 10.1 Å². The number of nitro benzene ring substituents is 1. The summed E-state index contributed by atoms with van der Waals surface area (Å²) in [6.45, 7) is 2.35. The average Bonchev–Trinajstić information content (AvgIpc) is 2.77. The third-order valence-corrected chi connectivity index (χ3v) is 4.25. The minimum atomic E-state index is -0.546. The van der Waals surface area contributed by atoms with Gasteiger partial charge in [-0.1, -0.05) is 53.5 Å². The van der Waals surface area contributed by atoms with Crippen molar-refractivity contribution < 1.29 is 4.92 Å². The van der Waals surface area contributed by atoms with E-state index in [1.54, 1.807) is 13.0 Å². The van der Waals surface area contributed by atoms with Crippen molar-refractivity contribution in [2.45, 2.75) is 13.5 Å². The Bertz CT molecular complexity index is 876. The number of fused-ring (bicyclic) bond motifs is 1. The van der Waals surface area contributed by atoms with Crippen molar-refractivity contribution in [1.29, 1.82) is 0 Å². The summed E-state index contributed by atoms with van der Waals surface area (Å²) in [5, 5.41) is 11.3. The molecule has 0 amide bonds. The molecule has 0 fully saturated rings. The Kier molecular flexibility index (Phi) is 3.76. The van der Waals surface area contributed by atoms with Gasteiger partial charge in [-0.25, -0.2) is 4.98 Å². The number of rotatable bonds is 3. The van der Waals surface area contributed by atoms with E-state index in [1.165, 1.54) is 0 Å². The van der Waals surface area contributed by atoms with Crippen LogP contribution >= 0.6 is 23.2 Å². The molecule has 0 saturated heterocycles. The molecule has 0 saturated carbocycles. The molecular formula is C15H11Cl2N3O2. The minimum absolute atomic E-state index is 0.0801. The van der Waals surface area contributed by atoms with Gasteiger partial charge in [-0.05, 0) is 18.6 Å². The van der Waals surface area contributed by atoms with Crippen molar-refractivity contribution in [1.82, 2.24) is 9.55 Å². The summed E-state index contributed by atoms with van der Waals surface area (Å²) in [7, 11) is 0. The van der Waals surface area contributed by atoms with Gasteiger partial charge in [0.05, 0.1) is 15.5 Å². The molecule has 1 heterocycles. The minimum Gasteiger partial charge on any atom is -0.323 e. The standard InChI is InChI=1S/C15H11Cl2N3O2/c1-9-18-14-12(7-11(16)13(17)15(14)20(21)22)19(9)8-10-5-3-2-4-6-10/h2-7H,8H2,1H3. The van der Waals surface area contributed by atoms with E-state index in [2.05, 4.69) is 4.98 Å². The molecule has 0 aliphatic heterocycles. The number of nitrogens with zero attached hydrogens (tertiary/aromatic N) is 3. The van der Waals surface area contributed by atoms with Gasteiger partial charge in [0.25, 0.3) is 0 Å². The second-order valence-corrected chi connectivity index (χ2v) is 5.66. The van der Waals surface area contributed by atoms with E-state index in [0.717, 1.165) is 5.56 Å². The summed E-state index contributed by atoms with van der Waals surface area (Å²) in [6, 6.07) is 11.4. The Balaban J connectivity index is 2.24. The first-order valence-electron chi connectivity index (χ1n) is 6.52. The third-order valence-electron chi connectivity index (χ3n) is 3.47. The quantitative estimate of drug-likeness (QED) is 0.518. The van der Waals surface area contributed by atoms with E-state index in [-0.39, 0.29) is 21.2 Å². The molecule has 2 aromatic carbocycles. The fraction of sp³-hybridized carbons (Fsp3) is 0.133. The largest absolute Gasteiger partial charge is 0.323 e. The van der Waals surface area contributed by atoms with E-state index >= 15 is 0 Å². The fourth-order valence-corrected chi connectivity index (χ4v) is 2.84. The number of aryl methyl sites for hydroxylation is 1. The summed E-state index contributed by atoms with van der Waals surface area (Å²) in [5.74, 6) is 0.667. The van der Waals surface area contributed by atoms with Gasteiger partial charge < -0.3 is 4.57 Å². The van der Waals surface area contributed by atoms with Crippen LogP contribution in [0.2, 0.25) is 10.0 Å². The molecule has 0 radical (unpaired) electrons. The van der Waals surface area contributed by atoms with E-state index in [1.807, 2.05) is 34.9 Å². The molecule has 0 spiro atoms. The molecule has 3 aromatic rings. The molecule has 0 unspecified atom stereocenters. The summed E-state index contributed by atoms with van der Waals surface area (Å²) in [4.78, 5) is 15.0. The second-order valence-electron chi connectivity index (χ2n) is 4.88. The SMILES string of the molecule is Cc1nc2c([N+](=O)[O-])c(Cl)c(Cl)cc2n1Cc1ccccc1. The summed E-state index contributed by atoms with van der Waals surface area (Å²) < 4.78 is 1.89. The second kappa shape index (κ2) is 5.59. The van der Waals surface area contributed by atoms with Crippen molar-refractivity contribution in [3.63, 3.8) is 0 Å². The lowest BCUT2D eigenvalue weighted by Gasteiger charge is -2.07. The van der Waals surface area contributed by atoms with Crippen LogP contribution in [0.3, 0.4) is 0 Å². The van der Waals surface area contributed by atoms with E-state index in [0.29, 0.717) is 17.9 Å². The highest BCUT2D eigenvalue weighted by Crippen LogP contribution is 2.38. The highest BCUT2D eigenvalue weighted by atomic mass is 35.5. The lowest BCUT2D eigenvalue weighted by molar-refractivity contribution is -0.383. The van der Waals surface area contributed by atoms with Gasteiger partial charge in [0.15, 0.2) is 5.52 Å². The number of hydrogen-bond acceptors (Lipinski definition) is 3. The van der Waals surface area contributed by atoms with Crippen LogP contribution in [0.5, 0.6) is 0 Å². The lowest BCUT2D eigenvalue weighted by Crippen LogP contribution is -2.02. The van der Waals surface area contributed by atoms with Crippen LogP contribution in [0.4, 0.5) is 5.69 Å². The monoisotopic (exact) mass is 335 g/mol. The Morgan fingerprint density at radius 2 is 1.95 bits per heavy atom. The maximum Gasteiger partial charge on any atom is 0.317 e. The molecule has 7 heteroatoms. The molecule has 0 aliphatic carbocycles. The van der Waals surface area contributed by atoms with Gasteiger partial charge in [0, 0.05) is 6.54 Å². The predicted octanol–water partition coefficient (Wildman–Crippen LogP) is 4.61. The first-order chi connectivity index (χ1) is 10.5. The van der Waals surface area contributed by atoms with Crippen LogP contribution in [0.1, 0.15) is 11.4 Å². The first kappa shape index (κ1) is 14.8. The first-order valence-corrected chi connectivity index (χ1v) is 7.27. The normalized spacial score (nSPS) is 11.0. The molecule has 0 atom stereocenters. The van der Waals surface area contributed by atoms with Crippen LogP contribution < -0.4 is 0 Å². The average molecular weight is 336 g/mol. The Morgan fingerprint density at radius 1 is 1.27 bits per heavy atom. The van der Waals surface area contributed by atoms with Crippen molar-refractivity contribution in [3.8, 4) is 0 Å². The molecule has 1 aromatic heterocycles. The maximum atomic E-state index is 11.3. The van der Waals surface area contributed by atoms with E-state index < -0.39 is 4.92 Å². The highest BCUT2D eigenvalue weighted by Gasteiger charge is 2.25. The van der Waals surface area contributed by atoms with Crippen LogP contribution in [0.25, 0.3) is 11.0 Å². The van der Waals surface area contributed by atoms with Gasteiger partial charge >= 0.3 is 5.69 Å². The van der Waals surface area contributed by atoms with Gasteiger partial charge in [0.2, 0.25) is 0 Å². The van der Waals surface area contributed by atoms with Gasteiger partial charge in [0.1, 0.15) is 10.8 Å². The zero-order valence-corrected chi connectivity index (χ0v) is 13.1. The third kappa shape index (κ3) is 2.42. The summed E-state index contributed by atoms with van der Waals surface area (Å²) in [6.07, 6.45) is 0. The van der Waals surface area contributed by atoms with Crippen molar-refractivity contribution >= 4 is 39.9 Å². The summed E-state index contributed by atoms with van der Waals surface area (Å²) >= 11 is 12.0. The van der Waals surface area contributed by atoms with Crippen molar-refractivity contribution in [2.24, 2.45) is 0 Å². The number of nitro groups is 1. The molecular weight excluding hydrogens is 325 g/mol. The van der Waals surface area contributed by atoms with Crippen LogP contribution in [0.15, 0.2) is 36.4 Å². The molecule has 0 N–H and O–H groups in total. The highest BCUT2D eigenvalue weighted by molar-refractivity contribution is 6.44. The smallest absolute Gasteiger partial charge is 0.317 e. The Morgan fingerprint density at radius 3 is 2.59 bits per heavy atom. The molecule has 22 heavy (non-hydrogen) atoms. The molecule has 0 bridgehead atoms. The Hall–Kier alpha value is -2.11. The topological polar surface area (TPSA) is 61.0 Å². The lowest BCUT2D eigenvalue weighted by atomic mass is 10.2. The van der Waals surface area contributed by atoms with Crippen molar-refractivity contribution in [2.75, 3.05) is 0 Å². The molecule has 0 aliphatic rings. The number of imidazole rings is 1. The van der Waals surface area contributed by atoms with E-state index in [4.69, 9.17) is 23.2 Å². The summed E-state index contributed by atoms with van der Waals surface area (Å²) in [5.41, 5.74) is 1.67. The maximum absolute atomic E-state index is 11.3. The fourth-order valence-electron chi connectivity index (χ4n) is 2.43. The zero-order valence-electron chi connectivity index (χ0n) is 11.6. The number of hydrogen-bond donors (Lipinski definition) is 0. The number of benzene rings is 2. The zero-order chi connectivity index (χ0) is 15.9. The number of halogens is 2.